The zero-order valence-electron chi connectivity index (χ0n) is 24.0. The van der Waals surface area contributed by atoms with Crippen LogP contribution in [0.4, 0.5) is 0 Å². The summed E-state index contributed by atoms with van der Waals surface area (Å²) in [5, 5.41) is 11.6. The lowest BCUT2D eigenvalue weighted by Gasteiger charge is -2.50. The highest BCUT2D eigenvalue weighted by atomic mass is 16.2. The quantitative estimate of drug-likeness (QED) is 0.205. The minimum Gasteiger partial charge on any atom is -0.348 e. The van der Waals surface area contributed by atoms with Gasteiger partial charge in [0.2, 0.25) is 23.6 Å². The molecule has 9 heteroatoms. The van der Waals surface area contributed by atoms with Gasteiger partial charge in [0.15, 0.2) is 0 Å². The number of fused-ring (bicyclic) bond motifs is 1. The van der Waals surface area contributed by atoms with E-state index in [1.807, 2.05) is 13.8 Å². The Morgan fingerprint density at radius 2 is 1.50 bits per heavy atom. The van der Waals surface area contributed by atoms with Gasteiger partial charge in [-0.1, -0.05) is 78.6 Å². The molecule has 0 radical (unpaired) electrons. The third-order valence-corrected chi connectivity index (χ3v) is 8.23. The standard InChI is InChI=1S/C29H53N5O4/c1-4-5-6-7-8-9-10-11-13-17-29-18-16-22(29)26(36)31-20-24(35)32-23(15-12-14-19-30)27(37)33-25(21(2)3)28(38)34-29/h21-23,25H,4-20,30H2,1-3H3,(H,31,36)(H,32,35)(H,33,37)(H,34,38)/t22-,23-,25-,29-/m0/s1. The van der Waals surface area contributed by atoms with Crippen LogP contribution in [0.3, 0.4) is 0 Å². The molecule has 0 spiro atoms. The molecule has 4 atom stereocenters. The number of hydrogen-bond acceptors (Lipinski definition) is 5. The summed E-state index contributed by atoms with van der Waals surface area (Å²) in [6.07, 6.45) is 14.7. The first-order valence-corrected chi connectivity index (χ1v) is 15.1. The SMILES string of the molecule is CCCCCCCCCCC[C@]12CC[C@H]1C(=O)NCC(=O)N[C@@H](CCCCN)C(=O)N[C@@H](C(C)C)C(=O)N2. The predicted molar refractivity (Wildman–Crippen MR) is 150 cm³/mol. The molecule has 4 amide bonds. The Morgan fingerprint density at radius 1 is 0.842 bits per heavy atom. The molecule has 0 aromatic rings. The van der Waals surface area contributed by atoms with Crippen molar-refractivity contribution in [1.29, 1.82) is 0 Å². The fraction of sp³-hybridized carbons (Fsp3) is 0.862. The van der Waals surface area contributed by atoms with E-state index in [4.69, 9.17) is 5.73 Å². The molecule has 1 aliphatic carbocycles. The van der Waals surface area contributed by atoms with Gasteiger partial charge in [0.25, 0.3) is 0 Å². The van der Waals surface area contributed by atoms with Gasteiger partial charge in [-0.2, -0.15) is 0 Å². The van der Waals surface area contributed by atoms with Crippen LogP contribution in [0.1, 0.15) is 117 Å². The van der Waals surface area contributed by atoms with Gasteiger partial charge in [0.1, 0.15) is 12.1 Å². The van der Waals surface area contributed by atoms with Gasteiger partial charge in [0, 0.05) is 0 Å². The van der Waals surface area contributed by atoms with Crippen molar-refractivity contribution in [1.82, 2.24) is 21.3 Å². The Labute approximate surface area is 229 Å². The topological polar surface area (TPSA) is 142 Å². The van der Waals surface area contributed by atoms with Crippen molar-refractivity contribution in [3.63, 3.8) is 0 Å². The summed E-state index contributed by atoms with van der Waals surface area (Å²) in [4.78, 5) is 52.4. The van der Waals surface area contributed by atoms with Gasteiger partial charge in [-0.25, -0.2) is 0 Å². The maximum Gasteiger partial charge on any atom is 0.243 e. The van der Waals surface area contributed by atoms with Gasteiger partial charge in [-0.05, 0) is 51.0 Å². The van der Waals surface area contributed by atoms with E-state index in [1.165, 1.54) is 38.5 Å². The maximum absolute atomic E-state index is 13.5. The lowest BCUT2D eigenvalue weighted by molar-refractivity contribution is -0.139. The van der Waals surface area contributed by atoms with Crippen molar-refractivity contribution < 1.29 is 19.2 Å². The number of hydrogen-bond donors (Lipinski definition) is 5. The first-order valence-electron chi connectivity index (χ1n) is 15.1. The summed E-state index contributed by atoms with van der Waals surface area (Å²) in [5.74, 6) is -1.78. The van der Waals surface area contributed by atoms with E-state index in [0.717, 1.165) is 38.5 Å². The second-order valence-electron chi connectivity index (χ2n) is 11.7. The lowest BCUT2D eigenvalue weighted by Crippen LogP contribution is -2.67. The Morgan fingerprint density at radius 3 is 2.08 bits per heavy atom. The number of unbranched alkanes of at least 4 members (excludes halogenated alkanes) is 9. The molecule has 218 valence electrons. The highest BCUT2D eigenvalue weighted by Crippen LogP contribution is 2.43. The molecule has 9 nitrogen and oxygen atoms in total. The highest BCUT2D eigenvalue weighted by molar-refractivity contribution is 5.95. The van der Waals surface area contributed by atoms with E-state index in [1.54, 1.807) is 0 Å². The van der Waals surface area contributed by atoms with Gasteiger partial charge in [-0.3, -0.25) is 19.2 Å². The molecule has 6 N–H and O–H groups in total. The predicted octanol–water partition coefficient (Wildman–Crippen LogP) is 3.06. The molecule has 1 heterocycles. The zero-order chi connectivity index (χ0) is 28.0. The monoisotopic (exact) mass is 535 g/mol. The van der Waals surface area contributed by atoms with Crippen LogP contribution in [-0.2, 0) is 19.2 Å². The van der Waals surface area contributed by atoms with Crippen LogP contribution >= 0.6 is 0 Å². The highest BCUT2D eigenvalue weighted by Gasteiger charge is 2.52. The summed E-state index contributed by atoms with van der Waals surface area (Å²) in [5.41, 5.74) is 4.96. The molecule has 1 saturated heterocycles. The van der Waals surface area contributed by atoms with E-state index in [2.05, 4.69) is 28.2 Å². The minimum absolute atomic E-state index is 0.151. The van der Waals surface area contributed by atoms with E-state index in [9.17, 15) is 19.2 Å². The van der Waals surface area contributed by atoms with Crippen LogP contribution in [-0.4, -0.2) is 54.3 Å². The summed E-state index contributed by atoms with van der Waals surface area (Å²) in [7, 11) is 0. The summed E-state index contributed by atoms with van der Waals surface area (Å²) >= 11 is 0. The Balaban J connectivity index is 2.09. The molecule has 0 unspecified atom stereocenters. The molecular formula is C29H53N5O4. The van der Waals surface area contributed by atoms with Gasteiger partial charge >= 0.3 is 0 Å². The number of carbonyl (C=O) groups is 4. The molecule has 0 aromatic heterocycles. The Bertz CT molecular complexity index is 774. The average molecular weight is 536 g/mol. The first kappa shape index (κ1) is 32.1. The van der Waals surface area contributed by atoms with Crippen LogP contribution in [0.15, 0.2) is 0 Å². The fourth-order valence-corrected chi connectivity index (χ4v) is 5.69. The van der Waals surface area contributed by atoms with Gasteiger partial charge in [0.05, 0.1) is 18.0 Å². The summed E-state index contributed by atoms with van der Waals surface area (Å²) < 4.78 is 0. The lowest BCUT2D eigenvalue weighted by atomic mass is 9.63. The van der Waals surface area contributed by atoms with Crippen LogP contribution in [0.25, 0.3) is 0 Å². The zero-order valence-corrected chi connectivity index (χ0v) is 24.0. The molecule has 1 aliphatic heterocycles. The van der Waals surface area contributed by atoms with Crippen molar-refractivity contribution >= 4 is 23.6 Å². The normalized spacial score (nSPS) is 26.6. The fourth-order valence-electron chi connectivity index (χ4n) is 5.69. The molecule has 2 fully saturated rings. The smallest absolute Gasteiger partial charge is 0.243 e. The third-order valence-electron chi connectivity index (χ3n) is 8.23. The Kier molecular flexibility index (Phi) is 14.1. The first-order chi connectivity index (χ1) is 18.2. The van der Waals surface area contributed by atoms with Gasteiger partial charge in [-0.15, -0.1) is 0 Å². The molecular weight excluding hydrogens is 482 g/mol. The number of amides is 4. The maximum atomic E-state index is 13.5. The van der Waals surface area contributed by atoms with Crippen LogP contribution in [0.2, 0.25) is 0 Å². The van der Waals surface area contributed by atoms with E-state index < -0.39 is 23.5 Å². The number of carbonyl (C=O) groups excluding carboxylic acids is 4. The number of rotatable bonds is 15. The Hall–Kier alpha value is -2.16. The molecule has 38 heavy (non-hydrogen) atoms. The average Bonchev–Trinajstić information content (AvgIpc) is 2.87. The third kappa shape index (κ3) is 9.86. The van der Waals surface area contributed by atoms with E-state index >= 15 is 0 Å². The van der Waals surface area contributed by atoms with Gasteiger partial charge < -0.3 is 27.0 Å². The summed E-state index contributed by atoms with van der Waals surface area (Å²) in [6.45, 7) is 6.32. The number of nitrogens with two attached hydrogens (primary N) is 1. The molecule has 0 bridgehead atoms. The van der Waals surface area contributed by atoms with Crippen LogP contribution < -0.4 is 27.0 Å². The summed E-state index contributed by atoms with van der Waals surface area (Å²) in [6, 6.07) is -1.53. The minimum atomic E-state index is -0.784. The second kappa shape index (κ2) is 16.7. The van der Waals surface area contributed by atoms with E-state index in [0.29, 0.717) is 25.8 Å². The largest absolute Gasteiger partial charge is 0.348 e. The van der Waals surface area contributed by atoms with E-state index in [-0.39, 0.29) is 36.1 Å². The second-order valence-corrected chi connectivity index (χ2v) is 11.7. The van der Waals surface area contributed by atoms with Crippen molar-refractivity contribution in [3.05, 3.63) is 0 Å². The van der Waals surface area contributed by atoms with Crippen molar-refractivity contribution in [3.8, 4) is 0 Å². The molecule has 2 aliphatic rings. The van der Waals surface area contributed by atoms with Crippen molar-refractivity contribution in [2.75, 3.05) is 13.1 Å². The molecule has 2 rings (SSSR count). The number of nitrogens with one attached hydrogen (secondary N) is 4. The van der Waals surface area contributed by atoms with Crippen molar-refractivity contribution in [2.24, 2.45) is 17.6 Å². The van der Waals surface area contributed by atoms with Crippen LogP contribution in [0.5, 0.6) is 0 Å². The molecule has 0 aromatic carbocycles. The van der Waals surface area contributed by atoms with Crippen molar-refractivity contribution in [2.45, 2.75) is 135 Å². The van der Waals surface area contributed by atoms with Crippen LogP contribution in [0, 0.1) is 11.8 Å². The molecule has 1 saturated carbocycles.